The fourth-order valence-corrected chi connectivity index (χ4v) is 4.30. The summed E-state index contributed by atoms with van der Waals surface area (Å²) in [4.78, 5) is 50.3. The third kappa shape index (κ3) is 5.90. The van der Waals surface area contributed by atoms with Crippen LogP contribution < -0.4 is 10.6 Å². The number of carboxylic acids is 1. The monoisotopic (exact) mass is 494 g/mol. The maximum absolute atomic E-state index is 13.1. The van der Waals surface area contributed by atoms with E-state index < -0.39 is 17.8 Å². The van der Waals surface area contributed by atoms with E-state index in [2.05, 4.69) is 10.6 Å². The Balaban J connectivity index is 1.65. The quantitative estimate of drug-likeness (QED) is 0.285. The van der Waals surface area contributed by atoms with Crippen molar-refractivity contribution in [1.29, 1.82) is 0 Å². The van der Waals surface area contributed by atoms with Crippen molar-refractivity contribution < 1.29 is 24.3 Å². The van der Waals surface area contributed by atoms with Gasteiger partial charge in [0.2, 0.25) is 0 Å². The predicted octanol–water partition coefficient (Wildman–Crippen LogP) is 4.30. The van der Waals surface area contributed by atoms with Crippen LogP contribution in [0, 0.1) is 0 Å². The fourth-order valence-electron chi connectivity index (χ4n) is 4.30. The zero-order chi connectivity index (χ0) is 26.2. The number of fused-ring (bicyclic) bond motifs is 1. The molecule has 7 heteroatoms. The summed E-state index contributed by atoms with van der Waals surface area (Å²) in [7, 11) is 0. The van der Waals surface area contributed by atoms with E-state index in [1.807, 2.05) is 60.7 Å². The molecule has 0 saturated carbocycles. The van der Waals surface area contributed by atoms with E-state index in [9.17, 15) is 24.3 Å². The van der Waals surface area contributed by atoms with E-state index in [0.717, 1.165) is 11.1 Å². The summed E-state index contributed by atoms with van der Waals surface area (Å²) >= 11 is 0. The van der Waals surface area contributed by atoms with E-state index in [1.54, 1.807) is 0 Å². The Labute approximate surface area is 214 Å². The summed E-state index contributed by atoms with van der Waals surface area (Å²) in [5, 5.41) is 15.7. The van der Waals surface area contributed by atoms with Crippen LogP contribution in [-0.2, 0) is 12.8 Å². The highest BCUT2D eigenvalue weighted by molar-refractivity contribution is 6.22. The lowest BCUT2D eigenvalue weighted by Crippen LogP contribution is -2.28. The average molecular weight is 495 g/mol. The molecule has 0 aliphatic rings. The van der Waals surface area contributed by atoms with Crippen molar-refractivity contribution in [3.05, 3.63) is 118 Å². The molecule has 0 saturated heterocycles. The van der Waals surface area contributed by atoms with Gasteiger partial charge in [0, 0.05) is 40.6 Å². The Morgan fingerprint density at radius 1 is 0.622 bits per heavy atom. The van der Waals surface area contributed by atoms with E-state index in [4.69, 9.17) is 0 Å². The third-order valence-electron chi connectivity index (χ3n) is 6.12. The molecule has 0 fully saturated rings. The first-order valence-corrected chi connectivity index (χ1v) is 11.9. The van der Waals surface area contributed by atoms with Gasteiger partial charge in [-0.3, -0.25) is 14.4 Å². The number of rotatable bonds is 10. The van der Waals surface area contributed by atoms with Gasteiger partial charge in [0.15, 0.2) is 6.29 Å². The van der Waals surface area contributed by atoms with Crippen LogP contribution in [0.2, 0.25) is 0 Å². The van der Waals surface area contributed by atoms with Gasteiger partial charge < -0.3 is 15.7 Å². The van der Waals surface area contributed by atoms with Gasteiger partial charge in [-0.2, -0.15) is 0 Å². The molecular weight excluding hydrogens is 468 g/mol. The SMILES string of the molecule is O=Cc1ccc(C(=O)O)c2c(C(=O)NCCc3ccccc3)ccc(C(=O)NCCc3ccccc3)c12. The number of aromatic carboxylic acids is 1. The second-order valence-electron chi connectivity index (χ2n) is 8.52. The van der Waals surface area contributed by atoms with Crippen LogP contribution >= 0.6 is 0 Å². The Hall–Kier alpha value is -4.78. The first-order valence-electron chi connectivity index (χ1n) is 11.9. The molecule has 0 bridgehead atoms. The second-order valence-corrected chi connectivity index (χ2v) is 8.52. The zero-order valence-corrected chi connectivity index (χ0v) is 20.1. The highest BCUT2D eigenvalue weighted by atomic mass is 16.4. The molecule has 0 aliphatic heterocycles. The van der Waals surface area contributed by atoms with Crippen LogP contribution in [0.15, 0.2) is 84.9 Å². The number of hydrogen-bond acceptors (Lipinski definition) is 4. The molecule has 0 heterocycles. The van der Waals surface area contributed by atoms with Gasteiger partial charge in [-0.1, -0.05) is 66.7 Å². The summed E-state index contributed by atoms with van der Waals surface area (Å²) in [5.41, 5.74) is 2.29. The summed E-state index contributed by atoms with van der Waals surface area (Å²) in [6.45, 7) is 0.683. The molecule has 0 unspecified atom stereocenters. The molecule has 0 radical (unpaired) electrons. The van der Waals surface area contributed by atoms with Gasteiger partial charge in [-0.15, -0.1) is 0 Å². The van der Waals surface area contributed by atoms with Crippen molar-refractivity contribution in [3.63, 3.8) is 0 Å². The van der Waals surface area contributed by atoms with Crippen LogP contribution in [0.25, 0.3) is 10.8 Å². The lowest BCUT2D eigenvalue weighted by molar-refractivity contribution is 0.0698. The first kappa shape index (κ1) is 25.3. The first-order chi connectivity index (χ1) is 18.0. The Morgan fingerprint density at radius 3 is 1.54 bits per heavy atom. The van der Waals surface area contributed by atoms with Gasteiger partial charge in [-0.05, 0) is 42.2 Å². The second kappa shape index (κ2) is 11.8. The minimum absolute atomic E-state index is 0.0602. The normalized spacial score (nSPS) is 10.6. The van der Waals surface area contributed by atoms with Gasteiger partial charge in [0.25, 0.3) is 11.8 Å². The molecule has 0 atom stereocenters. The van der Waals surface area contributed by atoms with Crippen molar-refractivity contribution in [2.75, 3.05) is 13.1 Å². The fraction of sp³-hybridized carbons (Fsp3) is 0.133. The van der Waals surface area contributed by atoms with Crippen LogP contribution in [0.1, 0.15) is 52.6 Å². The number of benzene rings is 4. The molecule has 4 rings (SSSR count). The number of amides is 2. The standard InChI is InChI=1S/C30H26N2O5/c33-19-22-11-12-25(30(36)37)27-24(29(35)32-18-16-21-9-5-2-6-10-21)14-13-23(26(22)27)28(34)31-17-15-20-7-3-1-4-8-20/h1-14,19H,15-18H2,(H,31,34)(H,32,35)(H,36,37). The summed E-state index contributed by atoms with van der Waals surface area (Å²) in [6.07, 6.45) is 1.76. The molecule has 2 amide bonds. The minimum Gasteiger partial charge on any atom is -0.478 e. The Bertz CT molecular complexity index is 1450. The molecule has 0 aliphatic carbocycles. The van der Waals surface area contributed by atoms with Crippen molar-refractivity contribution >= 4 is 34.8 Å². The minimum atomic E-state index is -1.26. The highest BCUT2D eigenvalue weighted by Crippen LogP contribution is 2.30. The number of aldehydes is 1. The maximum Gasteiger partial charge on any atom is 0.336 e. The number of nitrogens with one attached hydrogen (secondary N) is 2. The zero-order valence-electron chi connectivity index (χ0n) is 20.1. The van der Waals surface area contributed by atoms with E-state index in [0.29, 0.717) is 32.2 Å². The molecule has 4 aromatic rings. The molecule has 7 nitrogen and oxygen atoms in total. The molecule has 4 aromatic carbocycles. The van der Waals surface area contributed by atoms with E-state index in [-0.39, 0.29) is 33.0 Å². The highest BCUT2D eigenvalue weighted by Gasteiger charge is 2.23. The molecule has 186 valence electrons. The van der Waals surface area contributed by atoms with Gasteiger partial charge in [0.05, 0.1) is 5.56 Å². The predicted molar refractivity (Wildman–Crippen MR) is 141 cm³/mol. The van der Waals surface area contributed by atoms with Crippen molar-refractivity contribution in [2.45, 2.75) is 12.8 Å². The van der Waals surface area contributed by atoms with E-state index >= 15 is 0 Å². The Kier molecular flexibility index (Phi) is 8.05. The molecule has 0 spiro atoms. The van der Waals surface area contributed by atoms with Crippen molar-refractivity contribution in [3.8, 4) is 0 Å². The number of carbonyl (C=O) groups is 4. The molecule has 3 N–H and O–H groups in total. The van der Waals surface area contributed by atoms with Gasteiger partial charge in [0.1, 0.15) is 0 Å². The summed E-state index contributed by atoms with van der Waals surface area (Å²) < 4.78 is 0. The van der Waals surface area contributed by atoms with E-state index in [1.165, 1.54) is 24.3 Å². The number of carboxylic acid groups (broad SMARTS) is 1. The molecule has 0 aromatic heterocycles. The lowest BCUT2D eigenvalue weighted by atomic mass is 9.91. The van der Waals surface area contributed by atoms with Crippen LogP contribution in [0.4, 0.5) is 0 Å². The molecule has 37 heavy (non-hydrogen) atoms. The smallest absolute Gasteiger partial charge is 0.336 e. The third-order valence-corrected chi connectivity index (χ3v) is 6.12. The van der Waals surface area contributed by atoms with Crippen LogP contribution in [-0.4, -0.2) is 42.3 Å². The van der Waals surface area contributed by atoms with Gasteiger partial charge >= 0.3 is 5.97 Å². The largest absolute Gasteiger partial charge is 0.478 e. The van der Waals surface area contributed by atoms with Crippen molar-refractivity contribution in [2.24, 2.45) is 0 Å². The number of hydrogen-bond donors (Lipinski definition) is 3. The molecular formula is C30H26N2O5. The van der Waals surface area contributed by atoms with Gasteiger partial charge in [-0.25, -0.2) is 4.79 Å². The lowest BCUT2D eigenvalue weighted by Gasteiger charge is -2.15. The van der Waals surface area contributed by atoms with Crippen LogP contribution in [0.5, 0.6) is 0 Å². The van der Waals surface area contributed by atoms with Crippen LogP contribution in [0.3, 0.4) is 0 Å². The maximum atomic E-state index is 13.1. The van der Waals surface area contributed by atoms with Crippen molar-refractivity contribution in [1.82, 2.24) is 10.6 Å². The Morgan fingerprint density at radius 2 is 1.08 bits per heavy atom. The summed E-state index contributed by atoms with van der Waals surface area (Å²) in [5.74, 6) is -2.20. The number of carbonyl (C=O) groups excluding carboxylic acids is 3. The summed E-state index contributed by atoms with van der Waals surface area (Å²) in [6, 6.07) is 24.8. The average Bonchev–Trinajstić information content (AvgIpc) is 2.92. The topological polar surface area (TPSA) is 113 Å².